The van der Waals surface area contributed by atoms with E-state index >= 15 is 0 Å². The number of rotatable bonds is 4. The van der Waals surface area contributed by atoms with Crippen LogP contribution in [-0.2, 0) is 9.84 Å². The molecular formula is C23H19N5O3S. The topological polar surface area (TPSA) is 104 Å². The molecule has 0 amide bonds. The molecule has 4 aromatic heterocycles. The van der Waals surface area contributed by atoms with Gasteiger partial charge in [0.25, 0.3) is 0 Å². The van der Waals surface area contributed by atoms with Gasteiger partial charge in [-0.3, -0.25) is 0 Å². The zero-order valence-corrected chi connectivity index (χ0v) is 18.5. The number of hydrogen-bond acceptors (Lipinski definition) is 7. The summed E-state index contributed by atoms with van der Waals surface area (Å²) in [7, 11) is -3.55. The Hall–Kier alpha value is -3.85. The second-order valence-corrected chi connectivity index (χ2v) is 9.50. The van der Waals surface area contributed by atoms with Crippen molar-refractivity contribution in [1.29, 1.82) is 0 Å². The third-order valence-corrected chi connectivity index (χ3v) is 6.11. The summed E-state index contributed by atoms with van der Waals surface area (Å²) in [4.78, 5) is 13.3. The summed E-state index contributed by atoms with van der Waals surface area (Å²) in [5.74, 6) is 0. The Kier molecular flexibility index (Phi) is 4.63. The van der Waals surface area contributed by atoms with E-state index in [0.717, 1.165) is 45.4 Å². The lowest BCUT2D eigenvalue weighted by atomic mass is 10.1. The molecule has 0 aliphatic carbocycles. The second-order valence-electron chi connectivity index (χ2n) is 7.59. The van der Waals surface area contributed by atoms with Crippen molar-refractivity contribution < 1.29 is 12.9 Å². The Balaban J connectivity index is 1.81. The summed E-state index contributed by atoms with van der Waals surface area (Å²) in [6.07, 6.45) is 6.14. The number of benzene rings is 1. The minimum Gasteiger partial charge on any atom is -0.364 e. The molecule has 0 spiro atoms. The molecule has 8 nitrogen and oxygen atoms in total. The summed E-state index contributed by atoms with van der Waals surface area (Å²) in [5.41, 5.74) is 6.02. The Bertz CT molecular complexity index is 1570. The quantitative estimate of drug-likeness (QED) is 0.383. The summed E-state index contributed by atoms with van der Waals surface area (Å²) >= 11 is 0. The van der Waals surface area contributed by atoms with Crippen molar-refractivity contribution in [3.8, 4) is 28.2 Å². The van der Waals surface area contributed by atoms with E-state index in [1.807, 2.05) is 67.1 Å². The fraction of sp³-hybridized carbons (Fsp3) is 0.130. The third-order valence-electron chi connectivity index (χ3n) is 5.25. The molecule has 0 saturated carbocycles. The lowest BCUT2D eigenvalue weighted by molar-refractivity contribution is 0.415. The van der Waals surface area contributed by atoms with E-state index in [9.17, 15) is 8.42 Å². The van der Waals surface area contributed by atoms with Crippen molar-refractivity contribution in [3.05, 3.63) is 72.4 Å². The van der Waals surface area contributed by atoms with Crippen LogP contribution in [0.15, 0.2) is 70.8 Å². The Morgan fingerprint density at radius 3 is 2.44 bits per heavy atom. The fourth-order valence-electron chi connectivity index (χ4n) is 3.64. The van der Waals surface area contributed by atoms with E-state index in [2.05, 4.69) is 15.1 Å². The monoisotopic (exact) mass is 445 g/mol. The maximum Gasteiger partial charge on any atom is 0.247 e. The number of aromatic nitrogens is 5. The van der Waals surface area contributed by atoms with Gasteiger partial charge < -0.3 is 9.09 Å². The van der Waals surface area contributed by atoms with Crippen molar-refractivity contribution in [2.45, 2.75) is 19.0 Å². The summed E-state index contributed by atoms with van der Waals surface area (Å²) in [6.45, 7) is 3.72. The van der Waals surface area contributed by atoms with Crippen LogP contribution in [0.1, 0.15) is 11.3 Å². The Morgan fingerprint density at radius 2 is 1.75 bits per heavy atom. The highest BCUT2D eigenvalue weighted by molar-refractivity contribution is 7.90. The van der Waals surface area contributed by atoms with E-state index < -0.39 is 9.84 Å². The van der Waals surface area contributed by atoms with E-state index in [4.69, 9.17) is 9.51 Å². The lowest BCUT2D eigenvalue weighted by Gasteiger charge is -2.06. The van der Waals surface area contributed by atoms with Crippen molar-refractivity contribution in [2.75, 3.05) is 6.26 Å². The number of pyridine rings is 1. The van der Waals surface area contributed by atoms with Crippen molar-refractivity contribution in [3.63, 3.8) is 0 Å². The first-order valence-electron chi connectivity index (χ1n) is 9.86. The molecule has 0 atom stereocenters. The van der Waals surface area contributed by atoms with Gasteiger partial charge in [0, 0.05) is 35.3 Å². The van der Waals surface area contributed by atoms with Gasteiger partial charge in [0.1, 0.15) is 11.9 Å². The highest BCUT2D eigenvalue weighted by Crippen LogP contribution is 2.34. The molecule has 0 fully saturated rings. The first-order chi connectivity index (χ1) is 15.3. The van der Waals surface area contributed by atoms with Crippen molar-refractivity contribution >= 4 is 20.9 Å². The lowest BCUT2D eigenvalue weighted by Crippen LogP contribution is -2.05. The summed E-state index contributed by atoms with van der Waals surface area (Å²) < 4.78 is 31.2. The van der Waals surface area contributed by atoms with Gasteiger partial charge in [0.05, 0.1) is 22.6 Å². The summed E-state index contributed by atoms with van der Waals surface area (Å²) in [5, 5.41) is 4.59. The molecule has 0 unspecified atom stereocenters. The van der Waals surface area contributed by atoms with Gasteiger partial charge in [-0.2, -0.15) is 0 Å². The van der Waals surface area contributed by atoms with Crippen LogP contribution in [-0.4, -0.2) is 39.3 Å². The van der Waals surface area contributed by atoms with Crippen molar-refractivity contribution in [1.82, 2.24) is 24.7 Å². The van der Waals surface area contributed by atoms with Crippen LogP contribution in [0, 0.1) is 13.8 Å². The standard InChI is InChI=1S/C23H19N5O3S/c1-14-11-24-23(32(3,29)30)26-21(14)18-12-28(16-7-5-4-6-8-16)22-17(18)9-10-20(25-22)19-13-31-27-15(19)2/h4-13H,1-3H3. The summed E-state index contributed by atoms with van der Waals surface area (Å²) in [6, 6.07) is 13.7. The first-order valence-corrected chi connectivity index (χ1v) is 11.7. The van der Waals surface area contributed by atoms with Crippen molar-refractivity contribution in [2.24, 2.45) is 0 Å². The number of fused-ring (bicyclic) bond motifs is 1. The molecule has 0 radical (unpaired) electrons. The molecule has 5 rings (SSSR count). The van der Waals surface area contributed by atoms with E-state index in [0.29, 0.717) is 11.3 Å². The van der Waals surface area contributed by atoms with Gasteiger partial charge in [0.15, 0.2) is 0 Å². The fourth-order valence-corrected chi connectivity index (χ4v) is 4.14. The van der Waals surface area contributed by atoms with Gasteiger partial charge in [-0.05, 0) is 43.7 Å². The number of sulfone groups is 1. The molecule has 1 aromatic carbocycles. The minimum absolute atomic E-state index is 0.205. The average Bonchev–Trinajstić information content (AvgIpc) is 3.37. The number of nitrogens with zero attached hydrogens (tertiary/aromatic N) is 5. The molecule has 4 heterocycles. The molecule has 0 aliphatic heterocycles. The molecule has 0 aliphatic rings. The van der Waals surface area contributed by atoms with Crippen LogP contribution in [0.25, 0.3) is 39.2 Å². The van der Waals surface area contributed by atoms with Crippen LogP contribution in [0.2, 0.25) is 0 Å². The average molecular weight is 446 g/mol. The van der Waals surface area contributed by atoms with Gasteiger partial charge in [-0.15, -0.1) is 0 Å². The molecule has 32 heavy (non-hydrogen) atoms. The molecule has 0 N–H and O–H groups in total. The van der Waals surface area contributed by atoms with Gasteiger partial charge >= 0.3 is 0 Å². The van der Waals surface area contributed by atoms with Gasteiger partial charge in [-0.25, -0.2) is 23.4 Å². The minimum atomic E-state index is -3.55. The highest BCUT2D eigenvalue weighted by Gasteiger charge is 2.20. The number of aryl methyl sites for hydroxylation is 2. The third kappa shape index (κ3) is 3.36. The van der Waals surface area contributed by atoms with Gasteiger partial charge in [0.2, 0.25) is 15.0 Å². The van der Waals surface area contributed by atoms with Crippen LogP contribution < -0.4 is 0 Å². The Labute approximate surface area is 184 Å². The molecule has 0 bridgehead atoms. The van der Waals surface area contributed by atoms with E-state index in [1.165, 1.54) is 6.20 Å². The van der Waals surface area contributed by atoms with Crippen LogP contribution in [0.4, 0.5) is 0 Å². The van der Waals surface area contributed by atoms with E-state index in [-0.39, 0.29) is 5.16 Å². The smallest absolute Gasteiger partial charge is 0.247 e. The second kappa shape index (κ2) is 7.38. The number of hydrogen-bond donors (Lipinski definition) is 0. The molecule has 0 saturated heterocycles. The zero-order valence-electron chi connectivity index (χ0n) is 17.6. The normalized spacial score (nSPS) is 11.8. The largest absolute Gasteiger partial charge is 0.364 e. The molecular weight excluding hydrogens is 426 g/mol. The maximum absolute atomic E-state index is 12.1. The number of para-hydroxylation sites is 1. The zero-order chi connectivity index (χ0) is 22.5. The Morgan fingerprint density at radius 1 is 0.969 bits per heavy atom. The predicted molar refractivity (Wildman–Crippen MR) is 120 cm³/mol. The predicted octanol–water partition coefficient (Wildman–Crippen LogP) is 4.16. The van der Waals surface area contributed by atoms with E-state index in [1.54, 1.807) is 6.26 Å². The van der Waals surface area contributed by atoms with Crippen LogP contribution in [0.3, 0.4) is 0 Å². The molecule has 9 heteroatoms. The first kappa shape index (κ1) is 20.1. The highest BCUT2D eigenvalue weighted by atomic mass is 32.2. The van der Waals surface area contributed by atoms with Crippen LogP contribution in [0.5, 0.6) is 0 Å². The SMILES string of the molecule is Cc1cnc(S(C)(=O)=O)nc1-c1cn(-c2ccccc2)c2nc(-c3conc3C)ccc12. The molecule has 160 valence electrons. The van der Waals surface area contributed by atoms with Crippen LogP contribution >= 0.6 is 0 Å². The maximum atomic E-state index is 12.1. The van der Waals surface area contributed by atoms with Gasteiger partial charge in [-0.1, -0.05) is 23.4 Å². The molecule has 5 aromatic rings.